The molecule has 0 saturated carbocycles. The van der Waals surface area contributed by atoms with Gasteiger partial charge < -0.3 is 15.2 Å². The van der Waals surface area contributed by atoms with Crippen LogP contribution >= 0.6 is 0 Å². The van der Waals surface area contributed by atoms with Gasteiger partial charge in [-0.2, -0.15) is 5.10 Å². The van der Waals surface area contributed by atoms with Crippen molar-refractivity contribution in [2.45, 2.75) is 13.1 Å². The molecule has 0 aliphatic carbocycles. The number of hydrogen-bond acceptors (Lipinski definition) is 4. The standard InChI is InChI=1S/C13H17N3O2/c1-16-9-10(7-15-16)6-14-8-11-5-12(18-2)3-4-13(11)17/h3-5,7,9,14,17H,6,8H2,1-2H3. The first-order valence-corrected chi connectivity index (χ1v) is 5.73. The molecule has 0 aliphatic rings. The first-order valence-electron chi connectivity index (χ1n) is 5.73. The van der Waals surface area contributed by atoms with Crippen molar-refractivity contribution in [3.63, 3.8) is 0 Å². The van der Waals surface area contributed by atoms with Crippen molar-refractivity contribution in [2.75, 3.05) is 7.11 Å². The first kappa shape index (κ1) is 12.4. The fraction of sp³-hybridized carbons (Fsp3) is 0.308. The zero-order valence-electron chi connectivity index (χ0n) is 10.6. The minimum Gasteiger partial charge on any atom is -0.508 e. The van der Waals surface area contributed by atoms with Crippen molar-refractivity contribution in [3.05, 3.63) is 41.7 Å². The third-order valence-electron chi connectivity index (χ3n) is 2.69. The fourth-order valence-corrected chi connectivity index (χ4v) is 1.74. The summed E-state index contributed by atoms with van der Waals surface area (Å²) < 4.78 is 6.89. The monoisotopic (exact) mass is 247 g/mol. The minimum absolute atomic E-state index is 0.273. The minimum atomic E-state index is 0.273. The Hall–Kier alpha value is -2.01. The second kappa shape index (κ2) is 5.55. The lowest BCUT2D eigenvalue weighted by Gasteiger charge is -2.08. The lowest BCUT2D eigenvalue weighted by Crippen LogP contribution is -2.12. The van der Waals surface area contributed by atoms with Crippen LogP contribution in [0.4, 0.5) is 0 Å². The van der Waals surface area contributed by atoms with Crippen LogP contribution in [0.25, 0.3) is 0 Å². The summed E-state index contributed by atoms with van der Waals surface area (Å²) in [5.74, 6) is 1.01. The van der Waals surface area contributed by atoms with Crippen LogP contribution in [-0.2, 0) is 20.1 Å². The van der Waals surface area contributed by atoms with Gasteiger partial charge in [0, 0.05) is 37.5 Å². The Morgan fingerprint density at radius 3 is 2.89 bits per heavy atom. The van der Waals surface area contributed by atoms with E-state index < -0.39 is 0 Å². The molecule has 0 bridgehead atoms. The van der Waals surface area contributed by atoms with E-state index in [2.05, 4.69) is 10.4 Å². The first-order chi connectivity index (χ1) is 8.69. The number of ether oxygens (including phenoxy) is 1. The Morgan fingerprint density at radius 1 is 1.39 bits per heavy atom. The summed E-state index contributed by atoms with van der Waals surface area (Å²) >= 11 is 0. The predicted molar refractivity (Wildman–Crippen MR) is 68.4 cm³/mol. The molecule has 18 heavy (non-hydrogen) atoms. The van der Waals surface area contributed by atoms with Crippen LogP contribution in [0, 0.1) is 0 Å². The van der Waals surface area contributed by atoms with E-state index in [0.29, 0.717) is 13.1 Å². The van der Waals surface area contributed by atoms with E-state index in [0.717, 1.165) is 16.9 Å². The Balaban J connectivity index is 1.93. The lowest BCUT2D eigenvalue weighted by atomic mass is 10.2. The molecule has 2 aromatic rings. The number of aryl methyl sites for hydroxylation is 1. The maximum Gasteiger partial charge on any atom is 0.120 e. The highest BCUT2D eigenvalue weighted by atomic mass is 16.5. The fourth-order valence-electron chi connectivity index (χ4n) is 1.74. The third-order valence-corrected chi connectivity index (χ3v) is 2.69. The van der Waals surface area contributed by atoms with Gasteiger partial charge in [-0.25, -0.2) is 0 Å². The van der Waals surface area contributed by atoms with Crippen LogP contribution in [0.15, 0.2) is 30.6 Å². The van der Waals surface area contributed by atoms with Gasteiger partial charge in [-0.3, -0.25) is 4.68 Å². The van der Waals surface area contributed by atoms with Gasteiger partial charge in [-0.15, -0.1) is 0 Å². The molecule has 0 atom stereocenters. The van der Waals surface area contributed by atoms with Crippen LogP contribution in [0.2, 0.25) is 0 Å². The van der Waals surface area contributed by atoms with Crippen molar-refractivity contribution in [2.24, 2.45) is 7.05 Å². The number of methoxy groups -OCH3 is 1. The molecule has 2 rings (SSSR count). The van der Waals surface area contributed by atoms with Gasteiger partial charge in [0.25, 0.3) is 0 Å². The second-order valence-corrected chi connectivity index (χ2v) is 4.12. The molecule has 5 nitrogen and oxygen atoms in total. The van der Waals surface area contributed by atoms with Gasteiger partial charge in [0.15, 0.2) is 0 Å². The summed E-state index contributed by atoms with van der Waals surface area (Å²) in [6, 6.07) is 5.20. The predicted octanol–water partition coefficient (Wildman–Crippen LogP) is 1.42. The molecule has 0 fully saturated rings. The number of nitrogens with one attached hydrogen (secondary N) is 1. The number of hydrogen-bond donors (Lipinski definition) is 2. The van der Waals surface area contributed by atoms with Crippen molar-refractivity contribution >= 4 is 0 Å². The smallest absolute Gasteiger partial charge is 0.120 e. The molecule has 0 saturated heterocycles. The topological polar surface area (TPSA) is 59.3 Å². The molecule has 96 valence electrons. The molecule has 1 aromatic carbocycles. The van der Waals surface area contributed by atoms with E-state index in [1.165, 1.54) is 0 Å². The molecule has 0 aliphatic heterocycles. The molecule has 1 aromatic heterocycles. The second-order valence-electron chi connectivity index (χ2n) is 4.12. The van der Waals surface area contributed by atoms with Crippen molar-refractivity contribution in [1.29, 1.82) is 0 Å². The van der Waals surface area contributed by atoms with Gasteiger partial charge in [0.2, 0.25) is 0 Å². The van der Waals surface area contributed by atoms with E-state index in [9.17, 15) is 5.11 Å². The van der Waals surface area contributed by atoms with E-state index in [1.807, 2.05) is 25.5 Å². The number of benzene rings is 1. The average molecular weight is 247 g/mol. The molecule has 0 spiro atoms. The summed E-state index contributed by atoms with van der Waals surface area (Å²) in [6.45, 7) is 1.29. The zero-order chi connectivity index (χ0) is 13.0. The molecule has 5 heteroatoms. The molecule has 0 radical (unpaired) electrons. The van der Waals surface area contributed by atoms with Crippen molar-refractivity contribution in [3.8, 4) is 11.5 Å². The summed E-state index contributed by atoms with van der Waals surface area (Å²) in [6.07, 6.45) is 3.77. The number of phenolic OH excluding ortho intramolecular Hbond substituents is 1. The van der Waals surface area contributed by atoms with Gasteiger partial charge in [0.05, 0.1) is 13.3 Å². The number of phenols is 1. The number of nitrogens with zero attached hydrogens (tertiary/aromatic N) is 2. The highest BCUT2D eigenvalue weighted by Crippen LogP contribution is 2.22. The molecule has 0 unspecified atom stereocenters. The van der Waals surface area contributed by atoms with Crippen LogP contribution in [0.5, 0.6) is 11.5 Å². The normalized spacial score (nSPS) is 10.6. The van der Waals surface area contributed by atoms with Crippen molar-refractivity contribution < 1.29 is 9.84 Å². The summed E-state index contributed by atoms with van der Waals surface area (Å²) in [4.78, 5) is 0. The molecular weight excluding hydrogens is 230 g/mol. The quantitative estimate of drug-likeness (QED) is 0.839. The van der Waals surface area contributed by atoms with E-state index in [4.69, 9.17) is 4.74 Å². The Morgan fingerprint density at radius 2 is 2.22 bits per heavy atom. The van der Waals surface area contributed by atoms with Gasteiger partial charge in [-0.1, -0.05) is 0 Å². The van der Waals surface area contributed by atoms with Gasteiger partial charge in [-0.05, 0) is 18.2 Å². The molecule has 2 N–H and O–H groups in total. The highest BCUT2D eigenvalue weighted by molar-refractivity contribution is 5.39. The van der Waals surface area contributed by atoms with Crippen LogP contribution in [0.1, 0.15) is 11.1 Å². The maximum atomic E-state index is 9.72. The number of rotatable bonds is 5. The Labute approximate surface area is 106 Å². The Bertz CT molecular complexity index is 523. The SMILES string of the molecule is COc1ccc(O)c(CNCc2cnn(C)c2)c1. The molecule has 1 heterocycles. The number of aromatic hydroxyl groups is 1. The van der Waals surface area contributed by atoms with E-state index >= 15 is 0 Å². The zero-order valence-corrected chi connectivity index (χ0v) is 10.6. The Kier molecular flexibility index (Phi) is 3.84. The van der Waals surface area contributed by atoms with E-state index in [1.54, 1.807) is 23.9 Å². The number of aromatic nitrogens is 2. The largest absolute Gasteiger partial charge is 0.508 e. The summed E-state index contributed by atoms with van der Waals surface area (Å²) in [5.41, 5.74) is 1.93. The third kappa shape index (κ3) is 3.01. The van der Waals surface area contributed by atoms with Crippen LogP contribution in [-0.4, -0.2) is 22.0 Å². The summed E-state index contributed by atoms with van der Waals surface area (Å²) in [7, 11) is 3.50. The lowest BCUT2D eigenvalue weighted by molar-refractivity contribution is 0.410. The average Bonchev–Trinajstić information content (AvgIpc) is 2.77. The van der Waals surface area contributed by atoms with Crippen LogP contribution in [0.3, 0.4) is 0 Å². The highest BCUT2D eigenvalue weighted by Gasteiger charge is 2.03. The maximum absolute atomic E-state index is 9.72. The molecular formula is C13H17N3O2. The molecule has 0 amide bonds. The summed E-state index contributed by atoms with van der Waals surface area (Å²) in [5, 5.41) is 17.1. The van der Waals surface area contributed by atoms with Crippen molar-refractivity contribution in [1.82, 2.24) is 15.1 Å². The van der Waals surface area contributed by atoms with E-state index in [-0.39, 0.29) is 5.75 Å². The van der Waals surface area contributed by atoms with Crippen LogP contribution < -0.4 is 10.1 Å². The van der Waals surface area contributed by atoms with Gasteiger partial charge >= 0.3 is 0 Å². The van der Waals surface area contributed by atoms with Gasteiger partial charge in [0.1, 0.15) is 11.5 Å².